The number of aliphatic hydroxyl groups is 2. The van der Waals surface area contributed by atoms with Gasteiger partial charge in [0.15, 0.2) is 11.5 Å². The van der Waals surface area contributed by atoms with Crippen molar-refractivity contribution >= 4 is 11.8 Å². The van der Waals surface area contributed by atoms with Crippen LogP contribution in [0.25, 0.3) is 0 Å². The first-order chi connectivity index (χ1) is 27.9. The molecule has 0 bridgehead atoms. The predicted octanol–water partition coefficient (Wildman–Crippen LogP) is 7.85. The molecule has 0 aromatic heterocycles. The highest BCUT2D eigenvalue weighted by Crippen LogP contribution is 2.62. The van der Waals surface area contributed by atoms with Gasteiger partial charge >= 0.3 is 6.09 Å². The monoisotopic (exact) mass is 786 g/mol. The number of fused-ring (bicyclic) bond motifs is 3. The summed E-state index contributed by atoms with van der Waals surface area (Å²) < 4.78 is 37.7. The van der Waals surface area contributed by atoms with E-state index in [9.17, 15) is 15.0 Å². The number of nitrogens with zero attached hydrogens (tertiary/aromatic N) is 2. The highest BCUT2D eigenvalue weighted by atomic mass is 16.7. The van der Waals surface area contributed by atoms with Crippen molar-refractivity contribution in [3.63, 3.8) is 0 Å². The Labute approximate surface area is 336 Å². The second-order valence-electron chi connectivity index (χ2n) is 14.8. The fourth-order valence-corrected chi connectivity index (χ4v) is 8.89. The highest BCUT2D eigenvalue weighted by Gasteiger charge is 2.65. The number of allylic oxidation sites excluding steroid dienone is 1. The molecule has 308 valence electrons. The first-order valence-corrected chi connectivity index (χ1v) is 20.3. The van der Waals surface area contributed by atoms with E-state index in [1.165, 1.54) is 0 Å². The summed E-state index contributed by atoms with van der Waals surface area (Å²) in [7, 11) is 0. The number of carbonyl (C=O) groups excluding carboxylic acids is 1. The summed E-state index contributed by atoms with van der Waals surface area (Å²) in [6, 6.07) is 10.7. The first kappa shape index (κ1) is 41.8. The van der Waals surface area contributed by atoms with Crippen LogP contribution in [-0.4, -0.2) is 85.2 Å². The van der Waals surface area contributed by atoms with E-state index in [0.29, 0.717) is 61.2 Å². The number of hydrogen-bond donors (Lipinski definition) is 2. The standard InChI is InChI=1S/C45H58N2O10/c1-5-9-24-52-44(50)47(29-31-16-18-39-40(25-31)54-30-53-39)41-28-37(46-56-8-4)35-26-32(14-10-12-20-48)34(15-11-13-21-49)42-36-27-33(51-22-6-2)17-19-38(36)57-45(41,43(35)42)55-23-7-3/h5-7,16-19,25-27,32,34,41-43,48-49H,1-3,8-15,20-24,28-30H2,4H3. The molecule has 0 spiro atoms. The average molecular weight is 787 g/mol. The third-order valence-corrected chi connectivity index (χ3v) is 11.3. The topological polar surface area (TPSA) is 138 Å². The van der Waals surface area contributed by atoms with Gasteiger partial charge in [-0.05, 0) is 92.3 Å². The van der Waals surface area contributed by atoms with Gasteiger partial charge in [-0.3, -0.25) is 4.90 Å². The third-order valence-electron chi connectivity index (χ3n) is 11.3. The minimum absolute atomic E-state index is 0.0712. The fourth-order valence-electron chi connectivity index (χ4n) is 8.89. The van der Waals surface area contributed by atoms with Gasteiger partial charge in [0.25, 0.3) is 0 Å². The number of ether oxygens (including phenoxy) is 6. The molecule has 2 aliphatic carbocycles. The molecule has 2 aliphatic heterocycles. The summed E-state index contributed by atoms with van der Waals surface area (Å²) in [5, 5.41) is 24.5. The molecule has 1 fully saturated rings. The van der Waals surface area contributed by atoms with Gasteiger partial charge in [-0.25, -0.2) is 4.79 Å². The number of unbranched alkanes of at least 4 members (excludes halogenated alkanes) is 2. The molecule has 2 aromatic carbocycles. The van der Waals surface area contributed by atoms with Crippen molar-refractivity contribution in [2.24, 2.45) is 22.9 Å². The van der Waals surface area contributed by atoms with Gasteiger partial charge in [-0.2, -0.15) is 0 Å². The molecule has 6 rings (SSSR count). The Morgan fingerprint density at radius 1 is 0.965 bits per heavy atom. The number of benzene rings is 2. The van der Waals surface area contributed by atoms with Crippen LogP contribution in [0.2, 0.25) is 0 Å². The second-order valence-corrected chi connectivity index (χ2v) is 14.8. The summed E-state index contributed by atoms with van der Waals surface area (Å²) >= 11 is 0. The molecule has 6 atom stereocenters. The number of oxime groups is 1. The van der Waals surface area contributed by atoms with E-state index < -0.39 is 23.8 Å². The van der Waals surface area contributed by atoms with Crippen LogP contribution in [0.15, 0.2) is 91.2 Å². The van der Waals surface area contributed by atoms with Crippen molar-refractivity contribution in [3.8, 4) is 23.0 Å². The van der Waals surface area contributed by atoms with Crippen LogP contribution in [0, 0.1) is 17.8 Å². The summed E-state index contributed by atoms with van der Waals surface area (Å²) in [5.41, 5.74) is 3.43. The Morgan fingerprint density at radius 2 is 1.74 bits per heavy atom. The van der Waals surface area contributed by atoms with E-state index in [4.69, 9.17) is 38.4 Å². The normalized spacial score (nSPS) is 24.6. The van der Waals surface area contributed by atoms with E-state index in [1.54, 1.807) is 23.1 Å². The van der Waals surface area contributed by atoms with Crippen molar-refractivity contribution in [1.82, 2.24) is 4.90 Å². The number of carbonyl (C=O) groups is 1. The smallest absolute Gasteiger partial charge is 0.410 e. The van der Waals surface area contributed by atoms with E-state index in [-0.39, 0.29) is 63.9 Å². The van der Waals surface area contributed by atoms with E-state index in [0.717, 1.165) is 42.4 Å². The molecule has 2 aromatic rings. The molecular formula is C45H58N2O10. The molecule has 12 nitrogen and oxygen atoms in total. The van der Waals surface area contributed by atoms with Crippen LogP contribution in [-0.2, 0) is 20.9 Å². The van der Waals surface area contributed by atoms with Crippen LogP contribution in [0.4, 0.5) is 4.79 Å². The zero-order chi connectivity index (χ0) is 40.2. The SMILES string of the molecule is C=CCCOC(=O)N(Cc1ccc2c(c1)OCO2)C1CC(=NOCC)C2=CC(CCCCO)C(CCCCO)C3c4cc(OCC=C)ccc4OC1(OCC=C)C23. The predicted molar refractivity (Wildman–Crippen MR) is 217 cm³/mol. The number of aliphatic hydroxyl groups excluding tert-OH is 2. The van der Waals surface area contributed by atoms with Gasteiger partial charge in [0.2, 0.25) is 12.6 Å². The molecule has 0 saturated heterocycles. The van der Waals surface area contributed by atoms with Crippen molar-refractivity contribution in [2.45, 2.75) is 82.6 Å². The molecule has 6 unspecified atom stereocenters. The van der Waals surface area contributed by atoms with Crippen LogP contribution >= 0.6 is 0 Å². The zero-order valence-electron chi connectivity index (χ0n) is 33.2. The van der Waals surface area contributed by atoms with Crippen molar-refractivity contribution < 1.29 is 48.3 Å². The summed E-state index contributed by atoms with van der Waals surface area (Å²) in [5.74, 6) is 0.625. The van der Waals surface area contributed by atoms with Crippen molar-refractivity contribution in [1.29, 1.82) is 0 Å². The Hall–Kier alpha value is -4.78. The number of hydrogen-bond acceptors (Lipinski definition) is 11. The highest BCUT2D eigenvalue weighted by molar-refractivity contribution is 6.03. The molecule has 2 heterocycles. The van der Waals surface area contributed by atoms with Crippen LogP contribution in [0.5, 0.6) is 23.0 Å². The number of amides is 1. The van der Waals surface area contributed by atoms with Crippen LogP contribution in [0.3, 0.4) is 0 Å². The Morgan fingerprint density at radius 3 is 2.49 bits per heavy atom. The van der Waals surface area contributed by atoms with Gasteiger partial charge in [-0.15, -0.1) is 13.2 Å². The zero-order valence-corrected chi connectivity index (χ0v) is 33.2. The van der Waals surface area contributed by atoms with Gasteiger partial charge < -0.3 is 43.5 Å². The first-order valence-electron chi connectivity index (χ1n) is 20.3. The largest absolute Gasteiger partial charge is 0.490 e. The lowest BCUT2D eigenvalue weighted by molar-refractivity contribution is -0.256. The average Bonchev–Trinajstić information content (AvgIpc) is 3.70. The summed E-state index contributed by atoms with van der Waals surface area (Å²) in [6.07, 6.45) is 12.3. The maximum Gasteiger partial charge on any atom is 0.410 e. The van der Waals surface area contributed by atoms with E-state index >= 15 is 0 Å². The maximum atomic E-state index is 14.6. The second kappa shape index (κ2) is 20.1. The minimum atomic E-state index is -1.44. The lowest BCUT2D eigenvalue weighted by atomic mass is 9.55. The van der Waals surface area contributed by atoms with E-state index in [2.05, 4.69) is 31.9 Å². The summed E-state index contributed by atoms with van der Waals surface area (Å²) in [6.45, 7) is 15.0. The van der Waals surface area contributed by atoms with Crippen LogP contribution in [0.1, 0.15) is 75.3 Å². The quantitative estimate of drug-likeness (QED) is 0.0690. The van der Waals surface area contributed by atoms with Gasteiger partial charge in [0.05, 0.1) is 24.8 Å². The lowest BCUT2D eigenvalue weighted by Gasteiger charge is -2.59. The van der Waals surface area contributed by atoms with Crippen LogP contribution < -0.4 is 18.9 Å². The minimum Gasteiger partial charge on any atom is -0.490 e. The Kier molecular flexibility index (Phi) is 14.7. The molecule has 12 heteroatoms. The Balaban J connectivity index is 1.58. The van der Waals surface area contributed by atoms with Crippen molar-refractivity contribution in [2.75, 3.05) is 46.4 Å². The molecule has 4 aliphatic rings. The van der Waals surface area contributed by atoms with Gasteiger partial charge in [0, 0.05) is 37.7 Å². The maximum absolute atomic E-state index is 14.6. The van der Waals surface area contributed by atoms with Gasteiger partial charge in [0.1, 0.15) is 30.8 Å². The molecule has 1 saturated carbocycles. The molecule has 57 heavy (non-hydrogen) atoms. The van der Waals surface area contributed by atoms with Crippen molar-refractivity contribution in [3.05, 3.63) is 97.1 Å². The third kappa shape index (κ3) is 9.19. The lowest BCUT2D eigenvalue weighted by Crippen LogP contribution is -2.70. The molecular weight excluding hydrogens is 728 g/mol. The van der Waals surface area contributed by atoms with Gasteiger partial charge in [-0.1, -0.05) is 54.9 Å². The molecule has 0 radical (unpaired) electrons. The number of rotatable bonds is 22. The molecule has 1 amide bonds. The Bertz CT molecular complexity index is 1780. The molecule has 2 N–H and O–H groups in total. The fraction of sp³-hybridized carbons (Fsp3) is 0.511. The summed E-state index contributed by atoms with van der Waals surface area (Å²) in [4.78, 5) is 22.1. The van der Waals surface area contributed by atoms with E-state index in [1.807, 2.05) is 37.3 Å².